The van der Waals surface area contributed by atoms with Gasteiger partial charge in [-0.3, -0.25) is 19.7 Å². The molecule has 4 radical (unpaired) electrons. The van der Waals surface area contributed by atoms with Crippen LogP contribution in [0.1, 0.15) is 47.3 Å². The second kappa shape index (κ2) is 11.5. The molecule has 7 N–H and O–H groups in total. The van der Waals surface area contributed by atoms with Gasteiger partial charge in [0.15, 0.2) is 0 Å². The number of nitrogens with two attached hydrogens (primary N) is 2. The van der Waals surface area contributed by atoms with Gasteiger partial charge in [-0.1, -0.05) is 19.1 Å². The lowest BCUT2D eigenvalue weighted by atomic mass is 9.57. The molecule has 218 valence electrons. The highest BCUT2D eigenvalue weighted by molar-refractivity contribution is 6.39. The summed E-state index contributed by atoms with van der Waals surface area (Å²) in [5, 5.41) is 26.8. The highest BCUT2D eigenvalue weighted by Crippen LogP contribution is 2.49. The van der Waals surface area contributed by atoms with Gasteiger partial charge in [-0.25, -0.2) is 0 Å². The maximum atomic E-state index is 11.3. The number of aliphatic hydroxyl groups is 1. The van der Waals surface area contributed by atoms with Crippen LogP contribution in [-0.4, -0.2) is 80.0 Å². The number of nitrogens with zero attached hydrogens (tertiary/aromatic N) is 6. The van der Waals surface area contributed by atoms with E-state index in [0.29, 0.717) is 25.1 Å². The fourth-order valence-electron chi connectivity index (χ4n) is 5.85. The van der Waals surface area contributed by atoms with Gasteiger partial charge in [-0.2, -0.15) is 5.10 Å². The van der Waals surface area contributed by atoms with E-state index in [0.717, 1.165) is 45.6 Å². The molecule has 3 aromatic rings. The minimum atomic E-state index is -1.51. The number of aromatic nitrogens is 3. The smallest absolute Gasteiger partial charge is 0.297 e. The Balaban J connectivity index is 1.48. The molecular formula is C29H34B2N9O3+. The lowest BCUT2D eigenvalue weighted by Gasteiger charge is -2.49. The summed E-state index contributed by atoms with van der Waals surface area (Å²) < 4.78 is 2.77. The number of hydrogen-bond donors (Lipinski definition) is 5. The van der Waals surface area contributed by atoms with Crippen LogP contribution in [0.15, 0.2) is 71.3 Å². The maximum Gasteiger partial charge on any atom is 0.297 e. The molecule has 2 aromatic heterocycles. The van der Waals surface area contributed by atoms with E-state index in [1.165, 1.54) is 6.07 Å². The minimum absolute atomic E-state index is 0.00758. The quantitative estimate of drug-likeness (QED) is 0.0370. The number of aldehydes is 1. The molecule has 5 rings (SSSR count). The second-order valence-corrected chi connectivity index (χ2v) is 10.7. The standard InChI is InChI=1S/C29H33B2N9O3/c1-4-24-28-20(19-8-6-9-22(27(19)37(24)3)36-23(21(32)16-42)11-26(33)34-2)12-35-39(28)18-13-38(14-18)29(30,31)25-10-5-7-17(15-41)40(25)43/h5-12,15-16,18,24,32,43H,4,13-14H2,1-3H3,(H4,33,34,36,41)/p+1. The van der Waals surface area contributed by atoms with Crippen molar-refractivity contribution in [2.24, 2.45) is 16.5 Å². The first-order chi connectivity index (χ1) is 20.6. The van der Waals surface area contributed by atoms with Crippen LogP contribution in [0.2, 0.25) is 0 Å². The zero-order valence-corrected chi connectivity index (χ0v) is 24.3. The number of aliphatic imine (C=N–C) groups is 1. The monoisotopic (exact) mass is 578 g/mol. The predicted molar refractivity (Wildman–Crippen MR) is 166 cm³/mol. The largest absolute Gasteiger partial charge is 0.513 e. The number of carbonyl (C=O) groups is 1. The lowest BCUT2D eigenvalue weighted by Crippen LogP contribution is -2.63. The fourth-order valence-corrected chi connectivity index (χ4v) is 5.85. The predicted octanol–water partition coefficient (Wildman–Crippen LogP) is 1.43. The summed E-state index contributed by atoms with van der Waals surface area (Å²) in [7, 11) is 16.6. The van der Waals surface area contributed by atoms with E-state index in [2.05, 4.69) is 22.1 Å². The molecule has 4 heterocycles. The number of aliphatic hydroxyl groups excluding tert-OH is 1. The van der Waals surface area contributed by atoms with Gasteiger partial charge < -0.3 is 31.7 Å². The average Bonchev–Trinajstić information content (AvgIpc) is 3.40. The summed E-state index contributed by atoms with van der Waals surface area (Å²) in [5.41, 5.74) is 17.6. The Labute approximate surface area is 252 Å². The van der Waals surface area contributed by atoms with Crippen molar-refractivity contribution < 1.29 is 19.8 Å². The lowest BCUT2D eigenvalue weighted by molar-refractivity contribution is -0.911. The van der Waals surface area contributed by atoms with E-state index in [4.69, 9.17) is 32.3 Å². The molecule has 1 atom stereocenters. The van der Waals surface area contributed by atoms with Gasteiger partial charge in [0.25, 0.3) is 5.69 Å². The number of para-hydroxylation sites is 1. The van der Waals surface area contributed by atoms with E-state index in [9.17, 15) is 15.1 Å². The first kappa shape index (κ1) is 29.8. The van der Waals surface area contributed by atoms with E-state index in [1.807, 2.05) is 41.0 Å². The topological polar surface area (TPSA) is 162 Å². The molecule has 0 spiro atoms. The zero-order chi connectivity index (χ0) is 31.1. The zero-order valence-electron chi connectivity index (χ0n) is 24.3. The fraction of sp³-hybridized carbons (Fsp3) is 0.310. The number of hydrogen-bond acceptors (Lipinski definition) is 9. The third-order valence-corrected chi connectivity index (χ3v) is 8.21. The second-order valence-electron chi connectivity index (χ2n) is 10.7. The van der Waals surface area contributed by atoms with Crippen LogP contribution >= 0.6 is 0 Å². The number of fused-ring (bicyclic) bond motifs is 3. The summed E-state index contributed by atoms with van der Waals surface area (Å²) in [6, 6.07) is 10.6. The van der Waals surface area contributed by atoms with E-state index in [-0.39, 0.29) is 35.0 Å². The molecule has 2 aliphatic heterocycles. The molecule has 1 aromatic carbocycles. The number of carbonyl (C=O) groups excluding carboxylic acids is 1. The summed E-state index contributed by atoms with van der Waals surface area (Å²) in [5.74, 6) is 0.249. The van der Waals surface area contributed by atoms with Crippen molar-refractivity contribution in [2.45, 2.75) is 30.8 Å². The van der Waals surface area contributed by atoms with Crippen molar-refractivity contribution in [1.82, 2.24) is 14.7 Å². The van der Waals surface area contributed by atoms with Gasteiger partial charge in [0.1, 0.15) is 12.1 Å². The van der Waals surface area contributed by atoms with E-state index < -0.39 is 5.34 Å². The van der Waals surface area contributed by atoms with Crippen LogP contribution in [0.3, 0.4) is 0 Å². The summed E-state index contributed by atoms with van der Waals surface area (Å²) >= 11 is 0. The van der Waals surface area contributed by atoms with Gasteiger partial charge in [0.2, 0.25) is 12.0 Å². The molecule has 1 fully saturated rings. The van der Waals surface area contributed by atoms with Crippen LogP contribution in [-0.2, 0) is 5.34 Å². The van der Waals surface area contributed by atoms with Crippen LogP contribution in [0, 0.1) is 0 Å². The highest BCUT2D eigenvalue weighted by atomic mass is 16.5. The van der Waals surface area contributed by atoms with Crippen molar-refractivity contribution >= 4 is 39.2 Å². The molecule has 0 amide bonds. The molecule has 0 saturated carbocycles. The van der Waals surface area contributed by atoms with Crippen molar-refractivity contribution in [3.05, 3.63) is 83.4 Å². The Morgan fingerprint density at radius 2 is 1.95 bits per heavy atom. The number of benzene rings is 1. The van der Waals surface area contributed by atoms with E-state index >= 15 is 0 Å². The van der Waals surface area contributed by atoms with Crippen molar-refractivity contribution in [3.63, 3.8) is 0 Å². The van der Waals surface area contributed by atoms with Crippen molar-refractivity contribution in [1.29, 1.82) is 0 Å². The maximum absolute atomic E-state index is 11.3. The van der Waals surface area contributed by atoms with Crippen molar-refractivity contribution in [3.8, 4) is 11.1 Å². The van der Waals surface area contributed by atoms with Crippen LogP contribution in [0.5, 0.6) is 0 Å². The first-order valence-electron chi connectivity index (χ1n) is 13.8. The Kier molecular flexibility index (Phi) is 7.98. The first-order valence-corrected chi connectivity index (χ1v) is 13.8. The number of amidine groups is 1. The Bertz CT molecular complexity index is 1640. The van der Waals surface area contributed by atoms with Crippen LogP contribution < -0.4 is 26.4 Å². The minimum Gasteiger partial charge on any atom is -0.513 e. The normalized spacial score (nSPS) is 18.2. The molecule has 1 unspecified atom stereocenters. The van der Waals surface area contributed by atoms with Crippen LogP contribution in [0.25, 0.3) is 11.1 Å². The Morgan fingerprint density at radius 1 is 1.23 bits per heavy atom. The van der Waals surface area contributed by atoms with Gasteiger partial charge >= 0.3 is 0 Å². The highest BCUT2D eigenvalue weighted by Gasteiger charge is 2.45. The molecule has 0 aliphatic carbocycles. The number of likely N-dealkylation sites (tertiary alicyclic amines) is 1. The van der Waals surface area contributed by atoms with Crippen molar-refractivity contribution in [2.75, 3.05) is 37.4 Å². The van der Waals surface area contributed by atoms with Gasteiger partial charge in [0.05, 0.1) is 62.4 Å². The summed E-state index contributed by atoms with van der Waals surface area (Å²) in [6.45, 7) is 3.10. The van der Waals surface area contributed by atoms with E-state index in [1.54, 1.807) is 25.3 Å². The number of nitrogens with one attached hydrogen (secondary N) is 1. The van der Waals surface area contributed by atoms with Gasteiger partial charge in [-0.05, 0) is 18.6 Å². The Morgan fingerprint density at radius 3 is 2.60 bits per heavy atom. The summed E-state index contributed by atoms with van der Waals surface area (Å²) in [4.78, 5) is 19.3. The molecule has 43 heavy (non-hydrogen) atoms. The van der Waals surface area contributed by atoms with Gasteiger partial charge in [0, 0.05) is 66.6 Å². The molecule has 0 bridgehead atoms. The molecule has 12 nitrogen and oxygen atoms in total. The number of pyridine rings is 1. The Hall–Kier alpha value is -4.71. The van der Waals surface area contributed by atoms with Crippen LogP contribution in [0.4, 0.5) is 11.4 Å². The summed E-state index contributed by atoms with van der Waals surface area (Å²) in [6.07, 6.45) is 5.60. The number of rotatable bonds is 9. The number of anilines is 2. The molecule has 14 heteroatoms. The third-order valence-electron chi connectivity index (χ3n) is 8.21. The van der Waals surface area contributed by atoms with Gasteiger partial charge in [-0.15, -0.1) is 0 Å². The molecular weight excluding hydrogens is 544 g/mol. The third kappa shape index (κ3) is 5.01. The molecule has 2 aliphatic rings. The molecule has 1 saturated heterocycles. The average molecular weight is 578 g/mol. The SMILES string of the molecule is [B]C([B])(c1cccc(C=O)[n+]1O)N1CC(n2ncc3c2C(CC)N(C)c2c(NC(=C/C(N)=NC)/C(N)=C\O)cccc2-3)C1.